The number of hydrogen-bond acceptors (Lipinski definition) is 1. The summed E-state index contributed by atoms with van der Waals surface area (Å²) in [6, 6.07) is 9.49. The van der Waals surface area contributed by atoms with Crippen LogP contribution in [0.25, 0.3) is 0 Å². The summed E-state index contributed by atoms with van der Waals surface area (Å²) in [6.07, 6.45) is 0. The maximum Gasteiger partial charge on any atom is 0.415 e. The van der Waals surface area contributed by atoms with Gasteiger partial charge in [-0.25, -0.2) is 0 Å². The highest BCUT2D eigenvalue weighted by Gasteiger charge is 1.81. The fourth-order valence-corrected chi connectivity index (χ4v) is 0.815. The predicted molar refractivity (Wildman–Crippen MR) is 42.3 cm³/mol. The summed E-state index contributed by atoms with van der Waals surface area (Å²) in [5.41, 5.74) is 3.39. The van der Waals surface area contributed by atoms with E-state index in [4.69, 9.17) is 0 Å². The number of hydrogen-bond donors (Lipinski definition) is 0. The van der Waals surface area contributed by atoms with Crippen LogP contribution < -0.4 is 0 Å². The van der Waals surface area contributed by atoms with Crippen LogP contribution in [0.4, 0.5) is 0 Å². The zero-order chi connectivity index (χ0) is 7.23. The van der Waals surface area contributed by atoms with Crippen molar-refractivity contribution in [3.63, 3.8) is 0 Å². The van der Waals surface area contributed by atoms with Crippen molar-refractivity contribution < 1.29 is 4.57 Å². The van der Waals surface area contributed by atoms with Crippen molar-refractivity contribution in [3.05, 3.63) is 35.9 Å². The first-order valence-electron chi connectivity index (χ1n) is 2.86. The Labute approximate surface area is 61.3 Å². The van der Waals surface area contributed by atoms with E-state index < -0.39 is 8.46 Å². The normalized spacial score (nSPS) is 8.40. The van der Waals surface area contributed by atoms with Gasteiger partial charge in [0.15, 0.2) is 5.66 Å². The van der Waals surface area contributed by atoms with Crippen molar-refractivity contribution in [2.24, 2.45) is 0 Å². The quantitative estimate of drug-likeness (QED) is 0.407. The molecule has 0 heterocycles. The van der Waals surface area contributed by atoms with Crippen molar-refractivity contribution in [1.29, 1.82) is 0 Å². The number of rotatable bonds is 0. The molecule has 0 saturated heterocycles. The minimum atomic E-state index is -0.528. The Morgan fingerprint density at radius 2 is 1.90 bits per heavy atom. The third-order valence-electron chi connectivity index (χ3n) is 1.03. The lowest BCUT2D eigenvalue weighted by Gasteiger charge is -1.82. The Kier molecular flexibility index (Phi) is 2.67. The van der Waals surface area contributed by atoms with Gasteiger partial charge in [-0.3, -0.25) is 0 Å². The van der Waals surface area contributed by atoms with E-state index in [9.17, 15) is 4.57 Å². The molecular formula is C8H6OP+. The van der Waals surface area contributed by atoms with E-state index in [2.05, 4.69) is 11.6 Å². The molecule has 48 valence electrons. The zero-order valence-corrected chi connectivity index (χ0v) is 6.29. The first-order valence-corrected chi connectivity index (χ1v) is 3.77. The number of benzene rings is 1. The Balaban J connectivity index is 2.86. The standard InChI is InChI=1S/C8H5OP/c9-10-7-6-8-4-2-1-3-5-8/h1-5H/p+1. The second-order valence-electron chi connectivity index (χ2n) is 1.72. The molecule has 0 amide bonds. The van der Waals surface area contributed by atoms with Crippen LogP contribution >= 0.6 is 8.46 Å². The molecule has 0 spiro atoms. The van der Waals surface area contributed by atoms with Gasteiger partial charge >= 0.3 is 8.46 Å². The summed E-state index contributed by atoms with van der Waals surface area (Å²) in [7, 11) is -0.528. The molecule has 0 aromatic heterocycles. The van der Waals surface area contributed by atoms with Gasteiger partial charge in [0.1, 0.15) is 0 Å². The molecule has 2 heteroatoms. The van der Waals surface area contributed by atoms with Crippen LogP contribution in [0, 0.1) is 11.6 Å². The summed E-state index contributed by atoms with van der Waals surface area (Å²) >= 11 is 0. The lowest BCUT2D eigenvalue weighted by atomic mass is 10.2. The Morgan fingerprint density at radius 1 is 1.20 bits per heavy atom. The van der Waals surface area contributed by atoms with Gasteiger partial charge in [-0.15, -0.1) is 0 Å². The van der Waals surface area contributed by atoms with E-state index in [0.29, 0.717) is 0 Å². The highest BCUT2D eigenvalue weighted by Crippen LogP contribution is 1.96. The van der Waals surface area contributed by atoms with Gasteiger partial charge in [-0.1, -0.05) is 22.8 Å². The molecule has 1 unspecified atom stereocenters. The Morgan fingerprint density at radius 3 is 2.50 bits per heavy atom. The highest BCUT2D eigenvalue weighted by molar-refractivity contribution is 7.30. The van der Waals surface area contributed by atoms with E-state index in [1.165, 1.54) is 0 Å². The average molecular weight is 149 g/mol. The van der Waals surface area contributed by atoms with Gasteiger partial charge in [0.05, 0.1) is 0 Å². The molecule has 10 heavy (non-hydrogen) atoms. The first-order chi connectivity index (χ1) is 4.93. The maximum atomic E-state index is 9.96. The van der Waals surface area contributed by atoms with Crippen LogP contribution in [0.2, 0.25) is 0 Å². The Hall–Kier alpha value is -1.12. The van der Waals surface area contributed by atoms with Crippen LogP contribution in [0.1, 0.15) is 5.56 Å². The lowest BCUT2D eigenvalue weighted by molar-refractivity contribution is 0.603. The van der Waals surface area contributed by atoms with Gasteiger partial charge in [0.25, 0.3) is 0 Å². The molecule has 0 aliphatic carbocycles. The summed E-state index contributed by atoms with van der Waals surface area (Å²) < 4.78 is 9.96. The second-order valence-corrected chi connectivity index (χ2v) is 2.17. The van der Waals surface area contributed by atoms with E-state index >= 15 is 0 Å². The van der Waals surface area contributed by atoms with Crippen LogP contribution in [0.3, 0.4) is 0 Å². The first kappa shape index (κ1) is 6.99. The van der Waals surface area contributed by atoms with Crippen molar-refractivity contribution in [1.82, 2.24) is 0 Å². The SMILES string of the molecule is O=[PH+]C#Cc1ccccc1. The van der Waals surface area contributed by atoms with Crippen LogP contribution in [0.5, 0.6) is 0 Å². The van der Waals surface area contributed by atoms with Gasteiger partial charge in [-0.2, -0.15) is 0 Å². The molecule has 0 bridgehead atoms. The molecule has 0 aliphatic heterocycles. The molecule has 1 rings (SSSR count). The smallest absolute Gasteiger partial charge is 0.0622 e. The highest BCUT2D eigenvalue weighted by atomic mass is 31.1. The van der Waals surface area contributed by atoms with Gasteiger partial charge < -0.3 is 0 Å². The fourth-order valence-electron chi connectivity index (χ4n) is 0.619. The Bertz CT molecular complexity index is 268. The minimum absolute atomic E-state index is 0.528. The molecule has 0 saturated carbocycles. The van der Waals surface area contributed by atoms with Crippen molar-refractivity contribution in [3.8, 4) is 11.6 Å². The molecule has 1 aromatic rings. The topological polar surface area (TPSA) is 17.1 Å². The van der Waals surface area contributed by atoms with Crippen LogP contribution in [0.15, 0.2) is 30.3 Å². The van der Waals surface area contributed by atoms with Gasteiger partial charge in [0.2, 0.25) is 0 Å². The van der Waals surface area contributed by atoms with Crippen molar-refractivity contribution >= 4 is 8.46 Å². The second kappa shape index (κ2) is 3.82. The maximum absolute atomic E-state index is 9.96. The summed E-state index contributed by atoms with van der Waals surface area (Å²) in [4.78, 5) is 0. The predicted octanol–water partition coefficient (Wildman–Crippen LogP) is 2.02. The van der Waals surface area contributed by atoms with Crippen LogP contribution in [-0.2, 0) is 4.57 Å². The summed E-state index contributed by atoms with van der Waals surface area (Å²) in [5.74, 6) is 2.74. The monoisotopic (exact) mass is 149 g/mol. The van der Waals surface area contributed by atoms with Crippen LogP contribution in [-0.4, -0.2) is 0 Å². The van der Waals surface area contributed by atoms with Crippen molar-refractivity contribution in [2.45, 2.75) is 0 Å². The molecule has 0 fully saturated rings. The lowest BCUT2D eigenvalue weighted by Crippen LogP contribution is -1.67. The van der Waals surface area contributed by atoms with E-state index in [-0.39, 0.29) is 0 Å². The molecule has 0 radical (unpaired) electrons. The van der Waals surface area contributed by atoms with E-state index in [1.54, 1.807) is 0 Å². The molecule has 1 atom stereocenters. The molecule has 1 aromatic carbocycles. The van der Waals surface area contributed by atoms with E-state index in [1.807, 2.05) is 30.3 Å². The summed E-state index contributed by atoms with van der Waals surface area (Å²) in [5, 5.41) is 0. The van der Waals surface area contributed by atoms with Gasteiger partial charge in [0, 0.05) is 5.56 Å². The zero-order valence-electron chi connectivity index (χ0n) is 5.29. The van der Waals surface area contributed by atoms with Crippen molar-refractivity contribution in [2.75, 3.05) is 0 Å². The molecule has 1 nitrogen and oxygen atoms in total. The van der Waals surface area contributed by atoms with E-state index in [0.717, 1.165) is 5.56 Å². The molecule has 0 aliphatic rings. The fraction of sp³-hybridized carbons (Fsp3) is 0. The third kappa shape index (κ3) is 2.01. The average Bonchev–Trinajstić information content (AvgIpc) is 2.03. The minimum Gasteiger partial charge on any atom is -0.0622 e. The molecular weight excluding hydrogens is 143 g/mol. The van der Waals surface area contributed by atoms with Gasteiger partial charge in [-0.05, 0) is 18.1 Å². The third-order valence-corrected chi connectivity index (χ3v) is 1.26. The molecule has 0 N–H and O–H groups in total. The largest absolute Gasteiger partial charge is 0.415 e. The summed E-state index contributed by atoms with van der Waals surface area (Å²) in [6.45, 7) is 0.